The second-order valence-corrected chi connectivity index (χ2v) is 3.34. The van der Waals surface area contributed by atoms with E-state index in [4.69, 9.17) is 9.47 Å². The molecule has 0 aliphatic heterocycles. The van der Waals surface area contributed by atoms with E-state index in [9.17, 15) is 0 Å². The van der Waals surface area contributed by atoms with Gasteiger partial charge in [0.25, 0.3) is 0 Å². The Kier molecular flexibility index (Phi) is 3.81. The predicted octanol–water partition coefficient (Wildman–Crippen LogP) is 2.96. The van der Waals surface area contributed by atoms with E-state index in [1.165, 1.54) is 5.56 Å². The van der Waals surface area contributed by atoms with Gasteiger partial charge in [-0.3, -0.25) is 0 Å². The van der Waals surface area contributed by atoms with E-state index < -0.39 is 0 Å². The smallest absolute Gasteiger partial charge is 0.128 e. The van der Waals surface area contributed by atoms with Crippen LogP contribution in [-0.2, 0) is 6.42 Å². The van der Waals surface area contributed by atoms with Gasteiger partial charge in [0.05, 0.1) is 14.2 Å². The molecular formula is C12H18O2. The Bertz CT molecular complexity index is 305. The van der Waals surface area contributed by atoms with E-state index in [0.29, 0.717) is 0 Å². The molecule has 0 saturated carbocycles. The highest BCUT2D eigenvalue weighted by Gasteiger charge is 2.09. The van der Waals surface area contributed by atoms with E-state index in [0.717, 1.165) is 29.9 Å². The summed E-state index contributed by atoms with van der Waals surface area (Å²) in [5, 5.41) is 0. The van der Waals surface area contributed by atoms with Gasteiger partial charge in [-0.1, -0.05) is 19.4 Å². The molecule has 0 aliphatic rings. The molecule has 2 nitrogen and oxygen atoms in total. The molecule has 0 spiro atoms. The lowest BCUT2D eigenvalue weighted by Gasteiger charge is -2.13. The average molecular weight is 194 g/mol. The van der Waals surface area contributed by atoms with Crippen molar-refractivity contribution in [1.29, 1.82) is 0 Å². The predicted molar refractivity (Wildman–Crippen MR) is 58.3 cm³/mol. The van der Waals surface area contributed by atoms with Crippen molar-refractivity contribution in [3.63, 3.8) is 0 Å². The lowest BCUT2D eigenvalue weighted by Crippen LogP contribution is -1.97. The van der Waals surface area contributed by atoms with E-state index in [-0.39, 0.29) is 0 Å². The molecule has 1 rings (SSSR count). The first-order valence-electron chi connectivity index (χ1n) is 4.95. The Balaban J connectivity index is 3.14. The highest BCUT2D eigenvalue weighted by molar-refractivity contribution is 5.49. The van der Waals surface area contributed by atoms with E-state index in [2.05, 4.69) is 13.0 Å². The maximum absolute atomic E-state index is 5.39. The monoisotopic (exact) mass is 194 g/mol. The highest BCUT2D eigenvalue weighted by atomic mass is 16.5. The van der Waals surface area contributed by atoms with E-state index in [1.807, 2.05) is 13.0 Å². The Hall–Kier alpha value is -1.18. The summed E-state index contributed by atoms with van der Waals surface area (Å²) in [6.07, 6.45) is 2.18. The lowest BCUT2D eigenvalue weighted by molar-refractivity contribution is 0.385. The van der Waals surface area contributed by atoms with Gasteiger partial charge in [-0.15, -0.1) is 0 Å². The van der Waals surface area contributed by atoms with Crippen LogP contribution in [0.25, 0.3) is 0 Å². The van der Waals surface area contributed by atoms with Crippen LogP contribution in [0.3, 0.4) is 0 Å². The first-order valence-corrected chi connectivity index (χ1v) is 4.95. The van der Waals surface area contributed by atoms with Crippen LogP contribution in [0.1, 0.15) is 24.5 Å². The van der Waals surface area contributed by atoms with Gasteiger partial charge < -0.3 is 9.47 Å². The van der Waals surface area contributed by atoms with Gasteiger partial charge in [0, 0.05) is 5.56 Å². The Morgan fingerprint density at radius 3 is 2.36 bits per heavy atom. The van der Waals surface area contributed by atoms with Crippen LogP contribution >= 0.6 is 0 Å². The van der Waals surface area contributed by atoms with Gasteiger partial charge in [-0.05, 0) is 25.0 Å². The topological polar surface area (TPSA) is 18.5 Å². The first-order chi connectivity index (χ1) is 6.74. The minimum atomic E-state index is 0.890. The standard InChI is InChI=1S/C12H18O2/c1-5-6-10-7-8-11(13-3)9(2)12(10)14-4/h7-8H,5-6H2,1-4H3. The zero-order valence-electron chi connectivity index (χ0n) is 9.39. The summed E-state index contributed by atoms with van der Waals surface area (Å²) in [4.78, 5) is 0. The SMILES string of the molecule is CCCc1ccc(OC)c(C)c1OC. The first kappa shape index (κ1) is 10.9. The van der Waals surface area contributed by atoms with Gasteiger partial charge in [-0.2, -0.15) is 0 Å². The fraction of sp³-hybridized carbons (Fsp3) is 0.500. The van der Waals surface area contributed by atoms with Crippen molar-refractivity contribution in [2.45, 2.75) is 26.7 Å². The van der Waals surface area contributed by atoms with Crippen molar-refractivity contribution >= 4 is 0 Å². The summed E-state index contributed by atoms with van der Waals surface area (Å²) in [6.45, 7) is 4.19. The second kappa shape index (κ2) is 4.89. The quantitative estimate of drug-likeness (QED) is 0.733. The number of ether oxygens (including phenoxy) is 2. The molecule has 0 unspecified atom stereocenters. The van der Waals surface area contributed by atoms with Crippen molar-refractivity contribution < 1.29 is 9.47 Å². The second-order valence-electron chi connectivity index (χ2n) is 3.34. The molecule has 78 valence electrons. The van der Waals surface area contributed by atoms with Crippen LogP contribution in [0, 0.1) is 6.92 Å². The van der Waals surface area contributed by atoms with Crippen molar-refractivity contribution in [3.8, 4) is 11.5 Å². The third-order valence-electron chi connectivity index (χ3n) is 2.38. The molecule has 0 bridgehead atoms. The largest absolute Gasteiger partial charge is 0.496 e. The summed E-state index contributed by atoms with van der Waals surface area (Å²) in [6, 6.07) is 4.08. The molecule has 0 heterocycles. The lowest BCUT2D eigenvalue weighted by atomic mass is 10.0. The van der Waals surface area contributed by atoms with Crippen LogP contribution in [0.4, 0.5) is 0 Å². The molecule has 0 radical (unpaired) electrons. The fourth-order valence-electron chi connectivity index (χ4n) is 1.70. The molecule has 0 fully saturated rings. The molecular weight excluding hydrogens is 176 g/mol. The zero-order valence-corrected chi connectivity index (χ0v) is 9.39. The molecule has 2 heteroatoms. The van der Waals surface area contributed by atoms with Crippen LogP contribution in [0.15, 0.2) is 12.1 Å². The minimum Gasteiger partial charge on any atom is -0.496 e. The maximum Gasteiger partial charge on any atom is 0.128 e. The third-order valence-corrected chi connectivity index (χ3v) is 2.38. The summed E-state index contributed by atoms with van der Waals surface area (Å²) in [5.41, 5.74) is 2.34. The molecule has 0 saturated heterocycles. The molecule has 14 heavy (non-hydrogen) atoms. The Morgan fingerprint density at radius 2 is 1.86 bits per heavy atom. The summed E-state index contributed by atoms with van der Waals surface area (Å²) >= 11 is 0. The summed E-state index contributed by atoms with van der Waals surface area (Å²) in [7, 11) is 3.39. The molecule has 0 atom stereocenters. The summed E-state index contributed by atoms with van der Waals surface area (Å²) < 4.78 is 10.6. The molecule has 0 amide bonds. The number of benzene rings is 1. The van der Waals surface area contributed by atoms with Crippen molar-refractivity contribution in [3.05, 3.63) is 23.3 Å². The third kappa shape index (κ3) is 2.00. The highest BCUT2D eigenvalue weighted by Crippen LogP contribution is 2.31. The number of hydrogen-bond donors (Lipinski definition) is 0. The van der Waals surface area contributed by atoms with Gasteiger partial charge in [0.15, 0.2) is 0 Å². The summed E-state index contributed by atoms with van der Waals surface area (Å²) in [5.74, 6) is 1.85. The van der Waals surface area contributed by atoms with Crippen molar-refractivity contribution in [1.82, 2.24) is 0 Å². The number of methoxy groups -OCH3 is 2. The van der Waals surface area contributed by atoms with E-state index >= 15 is 0 Å². The fourth-order valence-corrected chi connectivity index (χ4v) is 1.70. The molecule has 0 N–H and O–H groups in total. The van der Waals surface area contributed by atoms with Crippen LogP contribution in [-0.4, -0.2) is 14.2 Å². The zero-order chi connectivity index (χ0) is 10.6. The van der Waals surface area contributed by atoms with Gasteiger partial charge in [-0.25, -0.2) is 0 Å². The number of aryl methyl sites for hydroxylation is 1. The molecule has 1 aromatic rings. The minimum absolute atomic E-state index is 0.890. The van der Waals surface area contributed by atoms with E-state index in [1.54, 1.807) is 14.2 Å². The Labute approximate surface area is 85.8 Å². The van der Waals surface area contributed by atoms with Crippen LogP contribution in [0.2, 0.25) is 0 Å². The van der Waals surface area contributed by atoms with Crippen LogP contribution in [0.5, 0.6) is 11.5 Å². The molecule has 1 aromatic carbocycles. The van der Waals surface area contributed by atoms with Gasteiger partial charge in [0.1, 0.15) is 11.5 Å². The van der Waals surface area contributed by atoms with Crippen molar-refractivity contribution in [2.24, 2.45) is 0 Å². The Morgan fingerprint density at radius 1 is 1.14 bits per heavy atom. The maximum atomic E-state index is 5.39. The molecule has 0 aliphatic carbocycles. The number of rotatable bonds is 4. The average Bonchev–Trinajstić information content (AvgIpc) is 2.19. The van der Waals surface area contributed by atoms with Gasteiger partial charge >= 0.3 is 0 Å². The number of hydrogen-bond acceptors (Lipinski definition) is 2. The molecule has 0 aromatic heterocycles. The van der Waals surface area contributed by atoms with Crippen molar-refractivity contribution in [2.75, 3.05) is 14.2 Å². The normalized spacial score (nSPS) is 10.0. The van der Waals surface area contributed by atoms with Crippen LogP contribution < -0.4 is 9.47 Å². The van der Waals surface area contributed by atoms with Gasteiger partial charge in [0.2, 0.25) is 0 Å².